The zero-order chi connectivity index (χ0) is 15.8. The molecule has 0 aliphatic rings. The molecule has 0 bridgehead atoms. The van der Waals surface area contributed by atoms with E-state index < -0.39 is 12.0 Å². The molecule has 0 radical (unpaired) electrons. The molecule has 2 rings (SSSR count). The maximum atomic E-state index is 11.9. The Labute approximate surface area is 131 Å². The average molecular weight is 320 g/mol. The SMILES string of the molecule is CCCCOC(=O)c1nnsc1NC(=O)Nc1ccccc1. The number of urea groups is 1. The van der Waals surface area contributed by atoms with Gasteiger partial charge in [-0.15, -0.1) is 5.10 Å². The summed E-state index contributed by atoms with van der Waals surface area (Å²) in [5.74, 6) is -0.586. The van der Waals surface area contributed by atoms with Crippen molar-refractivity contribution in [2.45, 2.75) is 19.8 Å². The third-order valence-electron chi connectivity index (χ3n) is 2.67. The molecular weight excluding hydrogens is 304 g/mol. The van der Waals surface area contributed by atoms with E-state index in [1.54, 1.807) is 24.3 Å². The van der Waals surface area contributed by atoms with E-state index >= 15 is 0 Å². The predicted octanol–water partition coefficient (Wildman–Crippen LogP) is 3.14. The summed E-state index contributed by atoms with van der Waals surface area (Å²) in [5.41, 5.74) is 0.661. The highest BCUT2D eigenvalue weighted by Gasteiger charge is 2.19. The Hall–Kier alpha value is -2.48. The van der Waals surface area contributed by atoms with Crippen molar-refractivity contribution < 1.29 is 14.3 Å². The number of anilines is 2. The molecule has 1 aromatic carbocycles. The molecule has 8 heteroatoms. The van der Waals surface area contributed by atoms with Crippen molar-refractivity contribution in [1.82, 2.24) is 9.59 Å². The number of amides is 2. The van der Waals surface area contributed by atoms with Gasteiger partial charge in [0.25, 0.3) is 0 Å². The Kier molecular flexibility index (Phi) is 5.84. The summed E-state index contributed by atoms with van der Waals surface area (Å²) in [6.07, 6.45) is 1.70. The Morgan fingerprint density at radius 1 is 1.23 bits per heavy atom. The molecule has 1 heterocycles. The monoisotopic (exact) mass is 320 g/mol. The summed E-state index contributed by atoms with van der Waals surface area (Å²) in [4.78, 5) is 23.7. The van der Waals surface area contributed by atoms with E-state index in [2.05, 4.69) is 20.2 Å². The van der Waals surface area contributed by atoms with Crippen molar-refractivity contribution >= 4 is 34.2 Å². The fraction of sp³-hybridized carbons (Fsp3) is 0.286. The predicted molar refractivity (Wildman–Crippen MR) is 84.2 cm³/mol. The van der Waals surface area contributed by atoms with Gasteiger partial charge in [0.15, 0.2) is 5.00 Å². The number of nitrogens with one attached hydrogen (secondary N) is 2. The summed E-state index contributed by atoms with van der Waals surface area (Å²) < 4.78 is 8.74. The van der Waals surface area contributed by atoms with Crippen LogP contribution in [0.4, 0.5) is 15.5 Å². The molecule has 1 aromatic heterocycles. The van der Waals surface area contributed by atoms with E-state index in [4.69, 9.17) is 4.74 Å². The number of rotatable bonds is 6. The fourth-order valence-corrected chi connectivity index (χ4v) is 2.12. The highest BCUT2D eigenvalue weighted by Crippen LogP contribution is 2.19. The van der Waals surface area contributed by atoms with Gasteiger partial charge in [0, 0.05) is 17.2 Å². The van der Waals surface area contributed by atoms with E-state index in [1.165, 1.54) is 0 Å². The molecule has 22 heavy (non-hydrogen) atoms. The highest BCUT2D eigenvalue weighted by atomic mass is 32.1. The van der Waals surface area contributed by atoms with Crippen molar-refractivity contribution in [2.24, 2.45) is 0 Å². The van der Waals surface area contributed by atoms with Crippen LogP contribution in [0.2, 0.25) is 0 Å². The lowest BCUT2D eigenvalue weighted by atomic mass is 10.3. The van der Waals surface area contributed by atoms with Gasteiger partial charge < -0.3 is 10.1 Å². The summed E-state index contributed by atoms with van der Waals surface area (Å²) in [6.45, 7) is 2.32. The van der Waals surface area contributed by atoms with Gasteiger partial charge in [-0.05, 0) is 18.6 Å². The van der Waals surface area contributed by atoms with Crippen molar-refractivity contribution in [1.29, 1.82) is 0 Å². The average Bonchev–Trinajstić information content (AvgIpc) is 2.96. The molecule has 2 aromatic rings. The molecule has 116 valence electrons. The standard InChI is InChI=1S/C14H16N4O3S/c1-2-3-9-21-13(19)11-12(22-18-17-11)16-14(20)15-10-7-5-4-6-8-10/h4-8H,2-3,9H2,1H3,(H2,15,16,20). The van der Waals surface area contributed by atoms with Gasteiger partial charge in [-0.3, -0.25) is 5.32 Å². The molecule has 0 aliphatic carbocycles. The minimum atomic E-state index is -0.586. The van der Waals surface area contributed by atoms with Crippen LogP contribution >= 0.6 is 11.5 Å². The lowest BCUT2D eigenvalue weighted by Gasteiger charge is -2.06. The fourth-order valence-electron chi connectivity index (χ4n) is 1.57. The quantitative estimate of drug-likeness (QED) is 0.630. The van der Waals surface area contributed by atoms with Crippen LogP contribution in [0.3, 0.4) is 0 Å². The molecule has 2 amide bonds. The molecule has 7 nitrogen and oxygen atoms in total. The summed E-state index contributed by atoms with van der Waals surface area (Å²) in [6, 6.07) is 8.50. The number of hydrogen-bond donors (Lipinski definition) is 2. The molecular formula is C14H16N4O3S. The first kappa shape index (κ1) is 15.9. The number of benzene rings is 1. The van der Waals surface area contributed by atoms with E-state index in [-0.39, 0.29) is 10.7 Å². The van der Waals surface area contributed by atoms with Gasteiger partial charge >= 0.3 is 12.0 Å². The lowest BCUT2D eigenvalue weighted by molar-refractivity contribution is 0.0494. The van der Waals surface area contributed by atoms with Crippen molar-refractivity contribution in [3.63, 3.8) is 0 Å². The number of nitrogens with zero attached hydrogens (tertiary/aromatic N) is 2. The number of esters is 1. The summed E-state index contributed by atoms with van der Waals surface area (Å²) >= 11 is 0.922. The Balaban J connectivity index is 1.94. The minimum absolute atomic E-state index is 0.0179. The Morgan fingerprint density at radius 3 is 2.73 bits per heavy atom. The third-order valence-corrected chi connectivity index (χ3v) is 3.31. The number of unbranched alkanes of at least 4 members (excludes halogenated alkanes) is 1. The van der Waals surface area contributed by atoms with Gasteiger partial charge in [0.2, 0.25) is 5.69 Å². The van der Waals surface area contributed by atoms with Gasteiger partial charge in [-0.1, -0.05) is 36.0 Å². The Bertz CT molecular complexity index is 630. The van der Waals surface area contributed by atoms with Gasteiger partial charge in [-0.25, -0.2) is 9.59 Å². The maximum Gasteiger partial charge on any atom is 0.362 e. The van der Waals surface area contributed by atoms with Crippen molar-refractivity contribution in [2.75, 3.05) is 17.2 Å². The smallest absolute Gasteiger partial charge is 0.362 e. The zero-order valence-corrected chi connectivity index (χ0v) is 12.9. The normalized spacial score (nSPS) is 10.0. The Morgan fingerprint density at radius 2 is 2.00 bits per heavy atom. The minimum Gasteiger partial charge on any atom is -0.461 e. The van der Waals surface area contributed by atoms with Crippen molar-refractivity contribution in [3.05, 3.63) is 36.0 Å². The molecule has 0 atom stereocenters. The first-order chi connectivity index (χ1) is 10.7. The molecule has 0 unspecified atom stereocenters. The number of ether oxygens (including phenoxy) is 1. The second kappa shape index (κ2) is 8.08. The summed E-state index contributed by atoms with van der Waals surface area (Å²) in [5, 5.41) is 9.17. The summed E-state index contributed by atoms with van der Waals surface area (Å²) in [7, 11) is 0. The molecule has 0 aliphatic heterocycles. The van der Waals surface area contributed by atoms with Crippen LogP contribution < -0.4 is 10.6 Å². The largest absolute Gasteiger partial charge is 0.461 e. The molecule has 2 N–H and O–H groups in total. The second-order valence-electron chi connectivity index (χ2n) is 4.39. The third kappa shape index (κ3) is 4.52. The molecule has 0 saturated carbocycles. The molecule has 0 fully saturated rings. The van der Waals surface area contributed by atoms with Crippen LogP contribution in [0.25, 0.3) is 0 Å². The number of para-hydroxylation sites is 1. The maximum absolute atomic E-state index is 11.9. The van der Waals surface area contributed by atoms with Crippen LogP contribution in [0, 0.1) is 0 Å². The molecule has 0 saturated heterocycles. The van der Waals surface area contributed by atoms with E-state index in [0.29, 0.717) is 12.3 Å². The van der Waals surface area contributed by atoms with E-state index in [1.807, 2.05) is 13.0 Å². The lowest BCUT2D eigenvalue weighted by Crippen LogP contribution is -2.20. The van der Waals surface area contributed by atoms with E-state index in [0.717, 1.165) is 24.4 Å². The number of carbonyl (C=O) groups excluding carboxylic acids is 2. The van der Waals surface area contributed by atoms with Crippen LogP contribution in [-0.4, -0.2) is 28.2 Å². The van der Waals surface area contributed by atoms with Crippen LogP contribution in [0.5, 0.6) is 0 Å². The highest BCUT2D eigenvalue weighted by molar-refractivity contribution is 7.10. The van der Waals surface area contributed by atoms with Gasteiger partial charge in [0.1, 0.15) is 0 Å². The van der Waals surface area contributed by atoms with Crippen molar-refractivity contribution in [3.8, 4) is 0 Å². The second-order valence-corrected chi connectivity index (χ2v) is 5.14. The van der Waals surface area contributed by atoms with Crippen LogP contribution in [0.1, 0.15) is 30.3 Å². The first-order valence-electron chi connectivity index (χ1n) is 6.83. The van der Waals surface area contributed by atoms with E-state index in [9.17, 15) is 9.59 Å². The molecule has 0 spiro atoms. The number of carbonyl (C=O) groups is 2. The van der Waals surface area contributed by atoms with Gasteiger partial charge in [-0.2, -0.15) is 0 Å². The van der Waals surface area contributed by atoms with Gasteiger partial charge in [0.05, 0.1) is 6.61 Å². The topological polar surface area (TPSA) is 93.2 Å². The zero-order valence-electron chi connectivity index (χ0n) is 12.0. The number of hydrogen-bond acceptors (Lipinski definition) is 6. The van der Waals surface area contributed by atoms with Crippen LogP contribution in [-0.2, 0) is 4.74 Å². The van der Waals surface area contributed by atoms with Crippen LogP contribution in [0.15, 0.2) is 30.3 Å². The number of aromatic nitrogens is 2. The first-order valence-corrected chi connectivity index (χ1v) is 7.60.